The minimum Gasteiger partial charge on any atom is -0.221 e. The first-order chi connectivity index (χ1) is 12.5. The normalized spacial score (nSPS) is 13.5. The smallest absolute Gasteiger partial charge is 0.221 e. The van der Waals surface area contributed by atoms with E-state index in [0.29, 0.717) is 12.3 Å². The SMILES string of the molecule is CC(C)(C)NS(=O)(=O)c1ccc(-c2cc(C(F)(F)F)nc(S(C)(=O)=O)n2)cc1. The fourth-order valence-corrected chi connectivity index (χ4v) is 4.10. The van der Waals surface area contributed by atoms with Crippen molar-refractivity contribution in [3.8, 4) is 11.3 Å². The van der Waals surface area contributed by atoms with Gasteiger partial charge in [0.25, 0.3) is 0 Å². The summed E-state index contributed by atoms with van der Waals surface area (Å²) in [5.74, 6) is 0. The first kappa shape index (κ1) is 22.2. The van der Waals surface area contributed by atoms with E-state index >= 15 is 0 Å². The average molecular weight is 437 g/mol. The molecule has 12 heteroatoms. The van der Waals surface area contributed by atoms with Crippen LogP contribution in [0.4, 0.5) is 13.2 Å². The number of alkyl halides is 3. The van der Waals surface area contributed by atoms with Gasteiger partial charge >= 0.3 is 6.18 Å². The second-order valence-electron chi connectivity index (χ2n) is 7.07. The first-order valence-corrected chi connectivity index (χ1v) is 11.2. The van der Waals surface area contributed by atoms with Gasteiger partial charge in [0.2, 0.25) is 25.0 Å². The summed E-state index contributed by atoms with van der Waals surface area (Å²) in [6.07, 6.45) is -4.18. The predicted octanol–water partition coefficient (Wildman–Crippen LogP) is 2.64. The molecule has 1 aromatic heterocycles. The van der Waals surface area contributed by atoms with Gasteiger partial charge < -0.3 is 0 Å². The first-order valence-electron chi connectivity index (χ1n) is 7.80. The fraction of sp³-hybridized carbons (Fsp3) is 0.375. The number of aromatic nitrogens is 2. The molecule has 1 heterocycles. The van der Waals surface area contributed by atoms with E-state index in [1.165, 1.54) is 24.3 Å². The van der Waals surface area contributed by atoms with Crippen molar-refractivity contribution in [2.24, 2.45) is 0 Å². The third-order valence-electron chi connectivity index (χ3n) is 3.23. The number of hydrogen-bond acceptors (Lipinski definition) is 6. The molecule has 0 saturated carbocycles. The molecule has 28 heavy (non-hydrogen) atoms. The molecular weight excluding hydrogens is 419 g/mol. The Kier molecular flexibility index (Phi) is 5.63. The molecule has 1 aromatic carbocycles. The van der Waals surface area contributed by atoms with Crippen LogP contribution in [0.25, 0.3) is 11.3 Å². The van der Waals surface area contributed by atoms with Crippen LogP contribution in [-0.4, -0.2) is 38.6 Å². The summed E-state index contributed by atoms with van der Waals surface area (Å²) < 4.78 is 89.5. The Labute approximate surface area is 161 Å². The van der Waals surface area contributed by atoms with Gasteiger partial charge in [-0.1, -0.05) is 12.1 Å². The molecular formula is C16H18F3N3O4S2. The van der Waals surface area contributed by atoms with Crippen LogP contribution in [0.2, 0.25) is 0 Å². The number of hydrogen-bond donors (Lipinski definition) is 1. The van der Waals surface area contributed by atoms with Crippen molar-refractivity contribution in [1.82, 2.24) is 14.7 Å². The molecule has 0 atom stereocenters. The number of rotatable bonds is 4. The van der Waals surface area contributed by atoms with E-state index in [4.69, 9.17) is 0 Å². The lowest BCUT2D eigenvalue weighted by molar-refractivity contribution is -0.141. The fourth-order valence-electron chi connectivity index (χ4n) is 2.15. The van der Waals surface area contributed by atoms with Gasteiger partial charge in [-0.3, -0.25) is 0 Å². The summed E-state index contributed by atoms with van der Waals surface area (Å²) in [5.41, 5.74) is -2.33. The maximum Gasteiger partial charge on any atom is 0.433 e. The zero-order valence-corrected chi connectivity index (χ0v) is 17.0. The van der Waals surface area contributed by atoms with E-state index in [-0.39, 0.29) is 16.2 Å². The number of sulfone groups is 1. The Balaban J connectivity index is 2.54. The standard InChI is InChI=1S/C16H18F3N3O4S2/c1-15(2,3)22-28(25,26)11-7-5-10(6-8-11)12-9-13(16(17,18)19)21-14(20-12)27(4,23)24/h5-9,22H,1-4H3. The molecule has 0 aliphatic rings. The number of benzene rings is 1. The van der Waals surface area contributed by atoms with Gasteiger partial charge in [-0.05, 0) is 39.0 Å². The lowest BCUT2D eigenvalue weighted by atomic mass is 10.1. The molecule has 0 fully saturated rings. The van der Waals surface area contributed by atoms with E-state index in [1.54, 1.807) is 20.8 Å². The molecule has 0 unspecified atom stereocenters. The second-order valence-corrected chi connectivity index (χ2v) is 10.7. The number of sulfonamides is 1. The zero-order valence-electron chi connectivity index (χ0n) is 15.4. The van der Waals surface area contributed by atoms with Gasteiger partial charge in [0.1, 0.15) is 5.69 Å². The highest BCUT2D eigenvalue weighted by atomic mass is 32.2. The van der Waals surface area contributed by atoms with Crippen molar-refractivity contribution in [2.75, 3.05) is 6.26 Å². The van der Waals surface area contributed by atoms with Crippen LogP contribution in [0.5, 0.6) is 0 Å². The molecule has 7 nitrogen and oxygen atoms in total. The monoisotopic (exact) mass is 437 g/mol. The highest BCUT2D eigenvalue weighted by Gasteiger charge is 2.35. The molecule has 1 N–H and O–H groups in total. The average Bonchev–Trinajstić information content (AvgIpc) is 2.50. The third kappa shape index (κ3) is 5.49. The topological polar surface area (TPSA) is 106 Å². The van der Waals surface area contributed by atoms with Crippen LogP contribution in [-0.2, 0) is 26.0 Å². The number of halogens is 3. The minimum atomic E-state index is -4.88. The van der Waals surface area contributed by atoms with Gasteiger partial charge in [0, 0.05) is 17.4 Å². The van der Waals surface area contributed by atoms with E-state index < -0.39 is 42.4 Å². The van der Waals surface area contributed by atoms with Crippen molar-refractivity contribution in [3.63, 3.8) is 0 Å². The van der Waals surface area contributed by atoms with Gasteiger partial charge in [0.15, 0.2) is 0 Å². The molecule has 0 aliphatic heterocycles. The molecule has 0 saturated heterocycles. The maximum absolute atomic E-state index is 13.1. The van der Waals surface area contributed by atoms with Crippen molar-refractivity contribution >= 4 is 19.9 Å². The summed E-state index contributed by atoms with van der Waals surface area (Å²) in [6.45, 7) is 4.97. The molecule has 0 amide bonds. The maximum atomic E-state index is 13.1. The summed E-state index contributed by atoms with van der Waals surface area (Å²) >= 11 is 0. The Morgan fingerprint density at radius 1 is 0.929 bits per heavy atom. The number of nitrogens with zero attached hydrogens (tertiary/aromatic N) is 2. The van der Waals surface area contributed by atoms with Crippen LogP contribution in [0.1, 0.15) is 26.5 Å². The van der Waals surface area contributed by atoms with Gasteiger partial charge in [0.05, 0.1) is 10.6 Å². The van der Waals surface area contributed by atoms with Crippen LogP contribution < -0.4 is 4.72 Å². The minimum absolute atomic E-state index is 0.0976. The van der Waals surface area contributed by atoms with Gasteiger partial charge in [-0.2, -0.15) is 13.2 Å². The van der Waals surface area contributed by atoms with Crippen LogP contribution >= 0.6 is 0 Å². The zero-order chi connectivity index (χ0) is 21.5. The molecule has 0 aliphatic carbocycles. The lowest BCUT2D eigenvalue weighted by Crippen LogP contribution is -2.40. The summed E-state index contributed by atoms with van der Waals surface area (Å²) in [6, 6.07) is 5.47. The predicted molar refractivity (Wildman–Crippen MR) is 95.7 cm³/mol. The van der Waals surface area contributed by atoms with Crippen molar-refractivity contribution in [3.05, 3.63) is 36.0 Å². The van der Waals surface area contributed by atoms with E-state index in [2.05, 4.69) is 14.7 Å². The molecule has 0 bridgehead atoms. The Morgan fingerprint density at radius 2 is 1.46 bits per heavy atom. The van der Waals surface area contributed by atoms with Crippen molar-refractivity contribution in [2.45, 2.75) is 42.5 Å². The Hall–Kier alpha value is -2.05. The highest BCUT2D eigenvalue weighted by Crippen LogP contribution is 2.31. The summed E-state index contributed by atoms with van der Waals surface area (Å²) in [7, 11) is -7.93. The molecule has 0 radical (unpaired) electrons. The summed E-state index contributed by atoms with van der Waals surface area (Å²) in [5, 5.41) is -0.969. The van der Waals surface area contributed by atoms with Crippen LogP contribution in [0.3, 0.4) is 0 Å². The lowest BCUT2D eigenvalue weighted by Gasteiger charge is -2.20. The Morgan fingerprint density at radius 3 is 1.89 bits per heavy atom. The Bertz CT molecular complexity index is 1090. The second kappa shape index (κ2) is 7.08. The quantitative estimate of drug-likeness (QED) is 0.737. The largest absolute Gasteiger partial charge is 0.433 e. The number of nitrogens with one attached hydrogen (secondary N) is 1. The van der Waals surface area contributed by atoms with E-state index in [1.807, 2.05) is 0 Å². The summed E-state index contributed by atoms with van der Waals surface area (Å²) in [4.78, 5) is 6.65. The van der Waals surface area contributed by atoms with Gasteiger partial charge in [-0.15, -0.1) is 0 Å². The molecule has 2 rings (SSSR count). The highest BCUT2D eigenvalue weighted by molar-refractivity contribution is 7.90. The van der Waals surface area contributed by atoms with Crippen LogP contribution in [0, 0.1) is 0 Å². The van der Waals surface area contributed by atoms with E-state index in [9.17, 15) is 30.0 Å². The van der Waals surface area contributed by atoms with E-state index in [0.717, 1.165) is 0 Å². The van der Waals surface area contributed by atoms with Gasteiger partial charge in [-0.25, -0.2) is 31.5 Å². The van der Waals surface area contributed by atoms with Crippen molar-refractivity contribution in [1.29, 1.82) is 0 Å². The molecule has 154 valence electrons. The van der Waals surface area contributed by atoms with Crippen molar-refractivity contribution < 1.29 is 30.0 Å². The molecule has 2 aromatic rings. The third-order valence-corrected chi connectivity index (χ3v) is 5.85. The van der Waals surface area contributed by atoms with Crippen LogP contribution in [0.15, 0.2) is 40.4 Å². The molecule has 0 spiro atoms.